The largest absolute Gasteiger partial charge is 0.341 e. The lowest BCUT2D eigenvalue weighted by Crippen LogP contribution is -2.27. The van der Waals surface area contributed by atoms with E-state index in [1.807, 2.05) is 18.9 Å². The Kier molecular flexibility index (Phi) is 3.09. The minimum absolute atomic E-state index is 0.373. The van der Waals surface area contributed by atoms with Crippen LogP contribution in [-0.2, 0) is 0 Å². The number of halogens is 1. The number of hydrogen-bond donors (Lipinski definition) is 0. The maximum Gasteiger partial charge on any atom is 0.226 e. The van der Waals surface area contributed by atoms with E-state index in [-0.39, 0.29) is 0 Å². The molecule has 0 saturated carbocycles. The van der Waals surface area contributed by atoms with Gasteiger partial charge in [0.05, 0.1) is 0 Å². The number of rotatable bonds is 2. The second-order valence-electron chi connectivity index (χ2n) is 3.34. The summed E-state index contributed by atoms with van der Waals surface area (Å²) in [5.74, 6) is 0.681. The van der Waals surface area contributed by atoms with Gasteiger partial charge < -0.3 is 4.90 Å². The van der Waals surface area contributed by atoms with Gasteiger partial charge in [0, 0.05) is 18.8 Å². The SMILES string of the molecule is Cc1cc(Cl)nc(N(C)C(C)C)n1. The topological polar surface area (TPSA) is 29.0 Å². The van der Waals surface area contributed by atoms with Crippen LogP contribution in [0.25, 0.3) is 0 Å². The van der Waals surface area contributed by atoms with Crippen molar-refractivity contribution in [2.45, 2.75) is 26.8 Å². The first kappa shape index (κ1) is 10.3. The Labute approximate surface area is 83.8 Å². The number of aryl methyl sites for hydroxylation is 1. The summed E-state index contributed by atoms with van der Waals surface area (Å²) in [5, 5.41) is 0.495. The van der Waals surface area contributed by atoms with Crippen LogP contribution in [0, 0.1) is 6.92 Å². The van der Waals surface area contributed by atoms with Crippen LogP contribution in [0.1, 0.15) is 19.5 Å². The molecular formula is C9H14ClN3. The number of aromatic nitrogens is 2. The van der Waals surface area contributed by atoms with Crippen LogP contribution < -0.4 is 4.90 Å². The smallest absolute Gasteiger partial charge is 0.226 e. The molecule has 0 radical (unpaired) electrons. The molecule has 0 bridgehead atoms. The first-order chi connectivity index (χ1) is 6.00. The molecule has 0 aromatic carbocycles. The number of nitrogens with zero attached hydrogens (tertiary/aromatic N) is 3. The van der Waals surface area contributed by atoms with Crippen molar-refractivity contribution in [2.24, 2.45) is 0 Å². The summed E-state index contributed by atoms with van der Waals surface area (Å²) in [6, 6.07) is 2.12. The Balaban J connectivity index is 3.01. The van der Waals surface area contributed by atoms with Gasteiger partial charge in [-0.15, -0.1) is 0 Å². The zero-order valence-corrected chi connectivity index (χ0v) is 9.13. The van der Waals surface area contributed by atoms with Crippen LogP contribution in [-0.4, -0.2) is 23.1 Å². The van der Waals surface area contributed by atoms with Crippen LogP contribution >= 0.6 is 11.6 Å². The fraction of sp³-hybridized carbons (Fsp3) is 0.556. The minimum Gasteiger partial charge on any atom is -0.341 e. The Morgan fingerprint density at radius 3 is 2.46 bits per heavy atom. The molecule has 1 aromatic heterocycles. The maximum atomic E-state index is 5.82. The molecule has 1 heterocycles. The van der Waals surface area contributed by atoms with Gasteiger partial charge in [-0.05, 0) is 26.8 Å². The van der Waals surface area contributed by atoms with Gasteiger partial charge in [-0.1, -0.05) is 11.6 Å². The van der Waals surface area contributed by atoms with Gasteiger partial charge in [0.15, 0.2) is 0 Å². The molecule has 0 aliphatic heterocycles. The second-order valence-corrected chi connectivity index (χ2v) is 3.72. The monoisotopic (exact) mass is 199 g/mol. The molecular weight excluding hydrogens is 186 g/mol. The molecule has 13 heavy (non-hydrogen) atoms. The Morgan fingerprint density at radius 2 is 2.00 bits per heavy atom. The van der Waals surface area contributed by atoms with Gasteiger partial charge in [-0.3, -0.25) is 0 Å². The third kappa shape index (κ3) is 2.56. The zero-order chi connectivity index (χ0) is 10.0. The molecule has 0 atom stereocenters. The molecule has 3 nitrogen and oxygen atoms in total. The summed E-state index contributed by atoms with van der Waals surface area (Å²) in [7, 11) is 1.95. The van der Waals surface area contributed by atoms with E-state index in [4.69, 9.17) is 11.6 Å². The summed E-state index contributed by atoms with van der Waals surface area (Å²) in [6.07, 6.45) is 0. The van der Waals surface area contributed by atoms with E-state index in [1.54, 1.807) is 6.07 Å². The summed E-state index contributed by atoms with van der Waals surface area (Å²) >= 11 is 5.82. The van der Waals surface area contributed by atoms with Gasteiger partial charge in [0.2, 0.25) is 5.95 Å². The molecule has 0 aliphatic rings. The third-order valence-electron chi connectivity index (χ3n) is 1.90. The Morgan fingerprint density at radius 1 is 1.38 bits per heavy atom. The van der Waals surface area contributed by atoms with Crippen molar-refractivity contribution >= 4 is 17.5 Å². The molecule has 72 valence electrons. The lowest BCUT2D eigenvalue weighted by atomic mass is 10.3. The number of hydrogen-bond acceptors (Lipinski definition) is 3. The molecule has 0 spiro atoms. The fourth-order valence-corrected chi connectivity index (χ4v) is 1.14. The quantitative estimate of drug-likeness (QED) is 0.685. The first-order valence-corrected chi connectivity index (χ1v) is 4.62. The molecule has 0 fully saturated rings. The Bertz CT molecular complexity index is 279. The molecule has 0 N–H and O–H groups in total. The van der Waals surface area contributed by atoms with Gasteiger partial charge in [-0.25, -0.2) is 9.97 Å². The lowest BCUT2D eigenvalue weighted by Gasteiger charge is -2.21. The van der Waals surface area contributed by atoms with Crippen molar-refractivity contribution in [1.82, 2.24) is 9.97 Å². The third-order valence-corrected chi connectivity index (χ3v) is 2.09. The van der Waals surface area contributed by atoms with Crippen molar-refractivity contribution < 1.29 is 0 Å². The molecule has 4 heteroatoms. The van der Waals surface area contributed by atoms with Gasteiger partial charge >= 0.3 is 0 Å². The van der Waals surface area contributed by atoms with E-state index >= 15 is 0 Å². The van der Waals surface area contributed by atoms with Crippen molar-refractivity contribution in [3.05, 3.63) is 16.9 Å². The van der Waals surface area contributed by atoms with Crippen molar-refractivity contribution in [1.29, 1.82) is 0 Å². The molecule has 0 amide bonds. The normalized spacial score (nSPS) is 10.6. The van der Waals surface area contributed by atoms with Crippen molar-refractivity contribution in [2.75, 3.05) is 11.9 Å². The maximum absolute atomic E-state index is 5.82. The Hall–Kier alpha value is -0.830. The van der Waals surface area contributed by atoms with E-state index in [0.29, 0.717) is 17.1 Å². The summed E-state index contributed by atoms with van der Waals surface area (Å²) < 4.78 is 0. The average Bonchev–Trinajstić information content (AvgIpc) is 2.01. The number of anilines is 1. The predicted octanol–water partition coefficient (Wildman–Crippen LogP) is 2.28. The van der Waals surface area contributed by atoms with Gasteiger partial charge in [-0.2, -0.15) is 0 Å². The summed E-state index contributed by atoms with van der Waals surface area (Å²) in [5.41, 5.74) is 0.891. The fourth-order valence-electron chi connectivity index (χ4n) is 0.904. The van der Waals surface area contributed by atoms with Crippen molar-refractivity contribution in [3.8, 4) is 0 Å². The summed E-state index contributed by atoms with van der Waals surface area (Å²) in [4.78, 5) is 10.4. The van der Waals surface area contributed by atoms with E-state index in [2.05, 4.69) is 23.8 Å². The minimum atomic E-state index is 0.373. The van der Waals surface area contributed by atoms with Crippen molar-refractivity contribution in [3.63, 3.8) is 0 Å². The second kappa shape index (κ2) is 3.92. The lowest BCUT2D eigenvalue weighted by molar-refractivity contribution is 0.727. The van der Waals surface area contributed by atoms with Crippen LogP contribution in [0.3, 0.4) is 0 Å². The molecule has 1 rings (SSSR count). The van der Waals surface area contributed by atoms with Crippen LogP contribution in [0.4, 0.5) is 5.95 Å². The van der Waals surface area contributed by atoms with Gasteiger partial charge in [0.25, 0.3) is 0 Å². The van der Waals surface area contributed by atoms with E-state index in [9.17, 15) is 0 Å². The van der Waals surface area contributed by atoms with E-state index < -0.39 is 0 Å². The standard InChI is InChI=1S/C9H14ClN3/c1-6(2)13(4)9-11-7(3)5-8(10)12-9/h5-6H,1-4H3. The van der Waals surface area contributed by atoms with Crippen LogP contribution in [0.2, 0.25) is 5.15 Å². The highest BCUT2D eigenvalue weighted by Crippen LogP contribution is 2.13. The highest BCUT2D eigenvalue weighted by molar-refractivity contribution is 6.29. The predicted molar refractivity (Wildman–Crippen MR) is 55.3 cm³/mol. The average molecular weight is 200 g/mol. The molecule has 0 aliphatic carbocycles. The first-order valence-electron chi connectivity index (χ1n) is 4.24. The van der Waals surface area contributed by atoms with Crippen LogP contribution in [0.5, 0.6) is 0 Å². The molecule has 1 aromatic rings. The highest BCUT2D eigenvalue weighted by atomic mass is 35.5. The molecule has 0 saturated heterocycles. The van der Waals surface area contributed by atoms with E-state index in [0.717, 1.165) is 5.69 Å². The highest BCUT2D eigenvalue weighted by Gasteiger charge is 2.08. The summed E-state index contributed by atoms with van der Waals surface area (Å²) in [6.45, 7) is 6.07. The van der Waals surface area contributed by atoms with Gasteiger partial charge in [0.1, 0.15) is 5.15 Å². The van der Waals surface area contributed by atoms with E-state index in [1.165, 1.54) is 0 Å². The van der Waals surface area contributed by atoms with Crippen LogP contribution in [0.15, 0.2) is 6.07 Å². The zero-order valence-electron chi connectivity index (χ0n) is 8.37. The molecule has 0 unspecified atom stereocenters.